The van der Waals surface area contributed by atoms with Gasteiger partial charge in [0, 0.05) is 18.8 Å². The molecule has 1 saturated heterocycles. The lowest BCUT2D eigenvalue weighted by atomic mass is 10.1. The highest BCUT2D eigenvalue weighted by atomic mass is 19.4. The summed E-state index contributed by atoms with van der Waals surface area (Å²) in [4.78, 5) is 13.1. The molecule has 1 fully saturated rings. The second-order valence-corrected chi connectivity index (χ2v) is 4.42. The number of esters is 1. The number of hydrogen-bond donors (Lipinski definition) is 0. The van der Waals surface area contributed by atoms with Gasteiger partial charge in [0.2, 0.25) is 0 Å². The molecule has 1 aliphatic heterocycles. The van der Waals surface area contributed by atoms with E-state index in [0.717, 1.165) is 25.0 Å². The number of carbonyl (C=O) groups excluding carboxylic acids is 1. The molecule has 0 aliphatic carbocycles. The molecule has 0 amide bonds. The van der Waals surface area contributed by atoms with Gasteiger partial charge in [0.15, 0.2) is 0 Å². The van der Waals surface area contributed by atoms with E-state index in [2.05, 4.69) is 4.74 Å². The number of anilines is 1. The minimum Gasteiger partial charge on any atom is -0.465 e. The Hall–Kier alpha value is -1.72. The Bertz CT molecular complexity index is 479. The molecule has 0 atom stereocenters. The molecule has 0 aromatic heterocycles. The van der Waals surface area contributed by atoms with Crippen LogP contribution in [-0.4, -0.2) is 26.2 Å². The van der Waals surface area contributed by atoms with Crippen LogP contribution in [0.4, 0.5) is 18.9 Å². The first-order valence-electron chi connectivity index (χ1n) is 5.98. The van der Waals surface area contributed by atoms with E-state index in [0.29, 0.717) is 13.1 Å². The van der Waals surface area contributed by atoms with Crippen LogP contribution in [-0.2, 0) is 10.9 Å². The Kier molecular flexibility index (Phi) is 3.68. The normalized spacial score (nSPS) is 15.7. The van der Waals surface area contributed by atoms with E-state index in [4.69, 9.17) is 0 Å². The molecule has 6 heteroatoms. The maximum atomic E-state index is 13.0. The summed E-state index contributed by atoms with van der Waals surface area (Å²) in [5, 5.41) is 0. The summed E-state index contributed by atoms with van der Waals surface area (Å²) >= 11 is 0. The van der Waals surface area contributed by atoms with Crippen molar-refractivity contribution < 1.29 is 22.7 Å². The fourth-order valence-electron chi connectivity index (χ4n) is 2.24. The lowest BCUT2D eigenvalue weighted by molar-refractivity contribution is -0.137. The number of benzene rings is 1. The zero-order valence-electron chi connectivity index (χ0n) is 10.5. The van der Waals surface area contributed by atoms with Crippen molar-refractivity contribution in [3.05, 3.63) is 29.3 Å². The number of nitrogens with zero attached hydrogens (tertiary/aromatic N) is 1. The van der Waals surface area contributed by atoms with Crippen molar-refractivity contribution in [3.8, 4) is 0 Å². The molecule has 0 radical (unpaired) electrons. The van der Waals surface area contributed by atoms with Crippen LogP contribution >= 0.6 is 0 Å². The third-order valence-electron chi connectivity index (χ3n) is 3.17. The molecule has 0 saturated carbocycles. The van der Waals surface area contributed by atoms with Crippen LogP contribution in [0.1, 0.15) is 28.8 Å². The van der Waals surface area contributed by atoms with E-state index in [1.165, 1.54) is 13.2 Å². The summed E-state index contributed by atoms with van der Waals surface area (Å²) < 4.78 is 43.5. The van der Waals surface area contributed by atoms with E-state index >= 15 is 0 Å². The van der Waals surface area contributed by atoms with Crippen molar-refractivity contribution in [2.24, 2.45) is 0 Å². The Morgan fingerprint density at radius 3 is 2.42 bits per heavy atom. The summed E-state index contributed by atoms with van der Waals surface area (Å²) in [5.74, 6) is -0.630. The zero-order chi connectivity index (χ0) is 14.0. The van der Waals surface area contributed by atoms with Crippen LogP contribution in [0.15, 0.2) is 18.2 Å². The zero-order valence-corrected chi connectivity index (χ0v) is 10.5. The first-order valence-corrected chi connectivity index (χ1v) is 5.98. The number of carbonyl (C=O) groups is 1. The molecule has 0 spiro atoms. The van der Waals surface area contributed by atoms with Crippen LogP contribution in [0.25, 0.3) is 0 Å². The van der Waals surface area contributed by atoms with Crippen molar-refractivity contribution in [1.82, 2.24) is 0 Å². The van der Waals surface area contributed by atoms with E-state index in [9.17, 15) is 18.0 Å². The molecular formula is C13H14F3NO2. The predicted molar refractivity (Wildman–Crippen MR) is 64.2 cm³/mol. The Balaban J connectivity index is 2.47. The van der Waals surface area contributed by atoms with Gasteiger partial charge in [0.25, 0.3) is 0 Å². The molecule has 2 rings (SSSR count). The number of ether oxygens (including phenoxy) is 1. The first-order chi connectivity index (χ1) is 8.93. The van der Waals surface area contributed by atoms with E-state index in [-0.39, 0.29) is 11.3 Å². The maximum Gasteiger partial charge on any atom is 0.418 e. The van der Waals surface area contributed by atoms with Gasteiger partial charge in [-0.1, -0.05) is 0 Å². The highest BCUT2D eigenvalue weighted by Crippen LogP contribution is 2.38. The fraction of sp³-hybridized carbons (Fsp3) is 0.462. The third-order valence-corrected chi connectivity index (χ3v) is 3.17. The molecule has 1 aromatic rings. The molecule has 3 nitrogen and oxygen atoms in total. The van der Waals surface area contributed by atoms with Crippen LogP contribution in [0.5, 0.6) is 0 Å². The number of rotatable bonds is 2. The Labute approximate surface area is 109 Å². The molecule has 19 heavy (non-hydrogen) atoms. The second kappa shape index (κ2) is 5.11. The molecule has 1 aromatic carbocycles. The van der Waals surface area contributed by atoms with Gasteiger partial charge >= 0.3 is 12.1 Å². The van der Waals surface area contributed by atoms with Gasteiger partial charge in [0.1, 0.15) is 0 Å². The van der Waals surface area contributed by atoms with Crippen molar-refractivity contribution in [2.75, 3.05) is 25.1 Å². The average molecular weight is 273 g/mol. The highest BCUT2D eigenvalue weighted by molar-refractivity contribution is 5.91. The van der Waals surface area contributed by atoms with Gasteiger partial charge in [-0.15, -0.1) is 0 Å². The van der Waals surface area contributed by atoms with Crippen molar-refractivity contribution in [1.29, 1.82) is 0 Å². The van der Waals surface area contributed by atoms with Gasteiger partial charge in [-0.25, -0.2) is 4.79 Å². The molecule has 1 heterocycles. The van der Waals surface area contributed by atoms with Gasteiger partial charge in [0.05, 0.1) is 18.2 Å². The minimum absolute atomic E-state index is 0.0629. The summed E-state index contributed by atoms with van der Waals surface area (Å²) in [6, 6.07) is 3.36. The fourth-order valence-corrected chi connectivity index (χ4v) is 2.24. The molecule has 104 valence electrons. The summed E-state index contributed by atoms with van der Waals surface area (Å²) in [6.07, 6.45) is -2.70. The monoisotopic (exact) mass is 273 g/mol. The van der Waals surface area contributed by atoms with Gasteiger partial charge in [-0.2, -0.15) is 13.2 Å². The number of alkyl halides is 3. The molecule has 0 unspecified atom stereocenters. The van der Waals surface area contributed by atoms with Crippen molar-refractivity contribution in [3.63, 3.8) is 0 Å². The molecule has 0 N–H and O–H groups in total. The average Bonchev–Trinajstić information content (AvgIpc) is 2.89. The Morgan fingerprint density at radius 2 is 1.89 bits per heavy atom. The number of methoxy groups -OCH3 is 1. The van der Waals surface area contributed by atoms with E-state index in [1.54, 1.807) is 4.90 Å². The number of halogens is 3. The summed E-state index contributed by atoms with van der Waals surface area (Å²) in [7, 11) is 1.20. The predicted octanol–water partition coefficient (Wildman–Crippen LogP) is 3.09. The van der Waals surface area contributed by atoms with Gasteiger partial charge in [-0.05, 0) is 31.0 Å². The highest BCUT2D eigenvalue weighted by Gasteiger charge is 2.35. The van der Waals surface area contributed by atoms with Crippen LogP contribution in [0.2, 0.25) is 0 Å². The van der Waals surface area contributed by atoms with E-state index in [1.807, 2.05) is 0 Å². The largest absolute Gasteiger partial charge is 0.465 e. The maximum absolute atomic E-state index is 13.0. The van der Waals surface area contributed by atoms with E-state index < -0.39 is 17.7 Å². The van der Waals surface area contributed by atoms with Crippen LogP contribution in [0.3, 0.4) is 0 Å². The van der Waals surface area contributed by atoms with Crippen molar-refractivity contribution in [2.45, 2.75) is 19.0 Å². The lowest BCUT2D eigenvalue weighted by Crippen LogP contribution is -2.22. The van der Waals surface area contributed by atoms with Crippen LogP contribution in [0, 0.1) is 0 Å². The van der Waals surface area contributed by atoms with Crippen molar-refractivity contribution >= 4 is 11.7 Å². The minimum atomic E-state index is -4.42. The topological polar surface area (TPSA) is 29.5 Å². The quantitative estimate of drug-likeness (QED) is 0.775. The number of hydrogen-bond acceptors (Lipinski definition) is 3. The van der Waals surface area contributed by atoms with Crippen LogP contribution < -0.4 is 4.90 Å². The third kappa shape index (κ3) is 2.83. The standard InChI is InChI=1S/C13H14F3NO2/c1-19-12(18)9-4-5-10(13(14,15)16)11(8-9)17-6-2-3-7-17/h4-5,8H,2-3,6-7H2,1H3. The first kappa shape index (κ1) is 13.7. The van der Waals surface area contributed by atoms with Gasteiger partial charge < -0.3 is 9.64 Å². The molecule has 1 aliphatic rings. The molecule has 0 bridgehead atoms. The lowest BCUT2D eigenvalue weighted by Gasteiger charge is -2.23. The summed E-state index contributed by atoms with van der Waals surface area (Å²) in [5.41, 5.74) is -0.507. The van der Waals surface area contributed by atoms with Gasteiger partial charge in [-0.3, -0.25) is 0 Å². The molecular weight excluding hydrogens is 259 g/mol. The smallest absolute Gasteiger partial charge is 0.418 e. The second-order valence-electron chi connectivity index (χ2n) is 4.42. The Morgan fingerprint density at radius 1 is 1.26 bits per heavy atom. The summed E-state index contributed by atoms with van der Waals surface area (Å²) in [6.45, 7) is 1.15. The SMILES string of the molecule is COC(=O)c1ccc(C(F)(F)F)c(N2CCCC2)c1.